The van der Waals surface area contributed by atoms with Crippen LogP contribution in [0.15, 0.2) is 0 Å². The Balaban J connectivity index is 2.12. The second-order valence-electron chi connectivity index (χ2n) is 6.34. The summed E-state index contributed by atoms with van der Waals surface area (Å²) in [4.78, 5) is 13.1. The van der Waals surface area contributed by atoms with Gasteiger partial charge in [0.05, 0.1) is 0 Å². The van der Waals surface area contributed by atoms with Gasteiger partial charge >= 0.3 is 12.3 Å². The van der Waals surface area contributed by atoms with Gasteiger partial charge in [-0.3, -0.25) is 0 Å². The summed E-state index contributed by atoms with van der Waals surface area (Å²) in [6.45, 7) is 5.04. The number of hydrogen-bond donors (Lipinski definition) is 1. The largest absolute Gasteiger partial charge is 0.444 e. The predicted molar refractivity (Wildman–Crippen MR) is 62.7 cm³/mol. The highest BCUT2D eigenvalue weighted by Gasteiger charge is 2.65. The van der Waals surface area contributed by atoms with Crippen molar-refractivity contribution in [1.29, 1.82) is 0 Å². The van der Waals surface area contributed by atoms with Crippen LogP contribution in [0.25, 0.3) is 0 Å². The van der Waals surface area contributed by atoms with E-state index in [1.54, 1.807) is 20.8 Å². The van der Waals surface area contributed by atoms with Gasteiger partial charge in [0.15, 0.2) is 0 Å². The topological polar surface area (TPSA) is 41.6 Å². The van der Waals surface area contributed by atoms with Gasteiger partial charge in [-0.05, 0) is 20.8 Å². The highest BCUT2D eigenvalue weighted by Crippen LogP contribution is 2.50. The quantitative estimate of drug-likeness (QED) is 0.738. The van der Waals surface area contributed by atoms with E-state index in [-0.39, 0.29) is 19.6 Å². The molecule has 2 fully saturated rings. The van der Waals surface area contributed by atoms with Gasteiger partial charge in [-0.15, -0.1) is 0 Å². The number of hydrogen-bond acceptors (Lipinski definition) is 3. The summed E-state index contributed by atoms with van der Waals surface area (Å²) < 4.78 is 44.9. The third-order valence-corrected chi connectivity index (χ3v) is 3.74. The first-order valence-corrected chi connectivity index (χ1v) is 6.30. The molecule has 2 saturated heterocycles. The third kappa shape index (κ3) is 2.52. The number of nitrogens with one attached hydrogen (secondary N) is 1. The number of nitrogens with zero attached hydrogens (tertiary/aromatic N) is 1. The van der Waals surface area contributed by atoms with E-state index in [1.807, 2.05) is 0 Å². The Bertz CT molecular complexity index is 378. The second-order valence-corrected chi connectivity index (χ2v) is 6.34. The zero-order chi connectivity index (χ0) is 14.5. The van der Waals surface area contributed by atoms with E-state index < -0.39 is 29.2 Å². The van der Waals surface area contributed by atoms with E-state index in [2.05, 4.69) is 5.32 Å². The molecule has 1 amide bonds. The van der Waals surface area contributed by atoms with Crippen LogP contribution in [0.1, 0.15) is 20.8 Å². The summed E-state index contributed by atoms with van der Waals surface area (Å²) >= 11 is 0. The molecule has 0 spiro atoms. The maximum Gasteiger partial charge on any atom is 0.410 e. The van der Waals surface area contributed by atoms with Crippen LogP contribution < -0.4 is 5.32 Å². The minimum absolute atomic E-state index is 0.0986. The Labute approximate surface area is 110 Å². The molecule has 2 rings (SSSR count). The van der Waals surface area contributed by atoms with Crippen LogP contribution in [0, 0.1) is 11.3 Å². The number of likely N-dealkylation sites (tertiary alicyclic amines) is 1. The lowest BCUT2D eigenvalue weighted by molar-refractivity contribution is -0.220. The van der Waals surface area contributed by atoms with Crippen LogP contribution in [-0.2, 0) is 4.74 Å². The summed E-state index contributed by atoms with van der Waals surface area (Å²) in [5.74, 6) is -0.583. The number of ether oxygens (including phenoxy) is 1. The van der Waals surface area contributed by atoms with E-state index in [4.69, 9.17) is 4.74 Å². The molecule has 2 heterocycles. The Morgan fingerprint density at radius 3 is 2.47 bits per heavy atom. The van der Waals surface area contributed by atoms with Crippen molar-refractivity contribution in [3.8, 4) is 0 Å². The molecule has 7 heteroatoms. The highest BCUT2D eigenvalue weighted by atomic mass is 19.4. The molecule has 4 nitrogen and oxygen atoms in total. The molecule has 0 aromatic heterocycles. The fourth-order valence-electron chi connectivity index (χ4n) is 2.79. The van der Waals surface area contributed by atoms with Crippen molar-refractivity contribution in [2.75, 3.05) is 26.2 Å². The van der Waals surface area contributed by atoms with Crippen molar-refractivity contribution < 1.29 is 22.7 Å². The number of rotatable bonds is 0. The molecular weight excluding hydrogens is 261 g/mol. The smallest absolute Gasteiger partial charge is 0.410 e. The molecular formula is C12H19F3N2O2. The average molecular weight is 280 g/mol. The summed E-state index contributed by atoms with van der Waals surface area (Å²) in [6, 6.07) is 0. The summed E-state index contributed by atoms with van der Waals surface area (Å²) in [5.41, 5.74) is -2.51. The van der Waals surface area contributed by atoms with Gasteiger partial charge in [-0.1, -0.05) is 0 Å². The van der Waals surface area contributed by atoms with E-state index in [1.165, 1.54) is 4.90 Å². The third-order valence-electron chi connectivity index (χ3n) is 3.74. The number of amides is 1. The molecule has 1 N–H and O–H groups in total. The maximum atomic E-state index is 13.3. The first-order chi connectivity index (χ1) is 8.55. The summed E-state index contributed by atoms with van der Waals surface area (Å²) in [5, 5.41) is 2.78. The van der Waals surface area contributed by atoms with Gasteiger partial charge in [0, 0.05) is 32.1 Å². The molecule has 19 heavy (non-hydrogen) atoms. The first kappa shape index (κ1) is 14.4. The van der Waals surface area contributed by atoms with Crippen LogP contribution in [0.3, 0.4) is 0 Å². The number of alkyl halides is 3. The van der Waals surface area contributed by atoms with Crippen molar-refractivity contribution in [1.82, 2.24) is 10.2 Å². The standard InChI is InChI=1S/C12H19F3N2O2/c1-10(2,3)19-9(18)17-5-8-4-16-6-11(8,7-17)12(13,14)15/h8,16H,4-7H2,1-3H3/t8-,11-/m0/s1. The summed E-state index contributed by atoms with van der Waals surface area (Å²) in [6.07, 6.45) is -4.97. The van der Waals surface area contributed by atoms with Crippen molar-refractivity contribution >= 4 is 6.09 Å². The Morgan fingerprint density at radius 2 is 2.00 bits per heavy atom. The zero-order valence-electron chi connectivity index (χ0n) is 11.3. The van der Waals surface area contributed by atoms with Gasteiger partial charge < -0.3 is 15.0 Å². The molecule has 2 aliphatic rings. The van der Waals surface area contributed by atoms with Gasteiger partial charge in [-0.2, -0.15) is 13.2 Å². The Morgan fingerprint density at radius 1 is 1.37 bits per heavy atom. The van der Waals surface area contributed by atoms with Crippen molar-refractivity contribution in [3.05, 3.63) is 0 Å². The van der Waals surface area contributed by atoms with E-state index >= 15 is 0 Å². The number of carbonyl (C=O) groups is 1. The minimum Gasteiger partial charge on any atom is -0.444 e. The van der Waals surface area contributed by atoms with Crippen molar-refractivity contribution in [2.24, 2.45) is 11.3 Å². The molecule has 0 bridgehead atoms. The molecule has 2 aliphatic heterocycles. The average Bonchev–Trinajstić information content (AvgIpc) is 2.68. The van der Waals surface area contributed by atoms with Crippen LogP contribution in [0.4, 0.5) is 18.0 Å². The molecule has 0 aromatic carbocycles. The van der Waals surface area contributed by atoms with Crippen molar-refractivity contribution in [3.63, 3.8) is 0 Å². The van der Waals surface area contributed by atoms with E-state index in [9.17, 15) is 18.0 Å². The highest BCUT2D eigenvalue weighted by molar-refractivity contribution is 5.68. The lowest BCUT2D eigenvalue weighted by Crippen LogP contribution is -2.46. The maximum absolute atomic E-state index is 13.3. The van der Waals surface area contributed by atoms with Crippen LogP contribution in [-0.4, -0.2) is 48.9 Å². The SMILES string of the molecule is CC(C)(C)OC(=O)N1C[C@@H]2CNC[C@]2(C(F)(F)F)C1. The fraction of sp³-hybridized carbons (Fsp3) is 0.917. The van der Waals surface area contributed by atoms with Crippen LogP contribution in [0.2, 0.25) is 0 Å². The van der Waals surface area contributed by atoms with Gasteiger partial charge in [-0.25, -0.2) is 4.79 Å². The van der Waals surface area contributed by atoms with E-state index in [0.717, 1.165) is 0 Å². The number of halogens is 3. The minimum atomic E-state index is -4.31. The van der Waals surface area contributed by atoms with Crippen LogP contribution in [0.5, 0.6) is 0 Å². The molecule has 110 valence electrons. The molecule has 0 unspecified atom stereocenters. The monoisotopic (exact) mass is 280 g/mol. The predicted octanol–water partition coefficient (Wildman–Crippen LogP) is 2.01. The number of fused-ring (bicyclic) bond motifs is 1. The van der Waals surface area contributed by atoms with Crippen molar-refractivity contribution in [2.45, 2.75) is 32.5 Å². The molecule has 0 radical (unpaired) electrons. The van der Waals surface area contributed by atoms with Gasteiger partial charge in [0.1, 0.15) is 11.0 Å². The van der Waals surface area contributed by atoms with Gasteiger partial charge in [0.25, 0.3) is 0 Å². The van der Waals surface area contributed by atoms with Gasteiger partial charge in [0.2, 0.25) is 0 Å². The second kappa shape index (κ2) is 4.26. The normalized spacial score (nSPS) is 31.5. The Kier molecular flexibility index (Phi) is 3.24. The molecule has 0 aliphatic carbocycles. The molecule has 0 saturated carbocycles. The Hall–Kier alpha value is -0.980. The zero-order valence-corrected chi connectivity index (χ0v) is 11.3. The molecule has 0 aromatic rings. The van der Waals surface area contributed by atoms with E-state index in [0.29, 0.717) is 6.54 Å². The lowest BCUT2D eigenvalue weighted by atomic mass is 9.80. The lowest BCUT2D eigenvalue weighted by Gasteiger charge is -2.30. The number of carbonyl (C=O) groups excluding carboxylic acids is 1. The molecule has 2 atom stereocenters. The summed E-state index contributed by atoms with van der Waals surface area (Å²) in [7, 11) is 0. The first-order valence-electron chi connectivity index (χ1n) is 6.30. The fourth-order valence-corrected chi connectivity index (χ4v) is 2.79. The van der Waals surface area contributed by atoms with Crippen LogP contribution >= 0.6 is 0 Å².